The maximum absolute atomic E-state index is 13.7. The summed E-state index contributed by atoms with van der Waals surface area (Å²) in [6.45, 7) is 2.58. The maximum atomic E-state index is 13.7. The van der Waals surface area contributed by atoms with Gasteiger partial charge >= 0.3 is 0 Å². The third-order valence-corrected chi connectivity index (χ3v) is 8.48. The zero-order valence-electron chi connectivity index (χ0n) is 21.9. The van der Waals surface area contributed by atoms with Gasteiger partial charge in [-0.05, 0) is 78.8 Å². The Balaban J connectivity index is 1.21. The fourth-order valence-corrected chi connectivity index (χ4v) is 6.50. The number of fused-ring (bicyclic) bond motifs is 2. The van der Waals surface area contributed by atoms with Gasteiger partial charge < -0.3 is 10.2 Å². The molecule has 0 spiro atoms. The molecule has 0 fully saturated rings. The number of nitrogens with one attached hydrogen (secondary N) is 1. The number of hydrogen-bond acceptors (Lipinski definition) is 3. The highest BCUT2D eigenvalue weighted by molar-refractivity contribution is 8.04. The van der Waals surface area contributed by atoms with Crippen LogP contribution in [0.5, 0.6) is 0 Å². The monoisotopic (exact) mass is 530 g/mol. The fraction of sp³-hybridized carbons (Fsp3) is 0.176. The van der Waals surface area contributed by atoms with Crippen molar-refractivity contribution in [3.05, 3.63) is 135 Å². The second-order valence-corrected chi connectivity index (χ2v) is 11.3. The fourth-order valence-electron chi connectivity index (χ4n) is 5.44. The maximum Gasteiger partial charge on any atom is 0.265 e. The molecule has 0 aromatic heterocycles. The van der Waals surface area contributed by atoms with E-state index in [0.29, 0.717) is 17.0 Å². The largest absolute Gasteiger partial charge is 0.345 e. The zero-order chi connectivity index (χ0) is 26.8. The van der Waals surface area contributed by atoms with E-state index in [4.69, 9.17) is 0 Å². The van der Waals surface area contributed by atoms with Gasteiger partial charge in [0, 0.05) is 10.5 Å². The predicted molar refractivity (Wildman–Crippen MR) is 159 cm³/mol. The SMILES string of the molecule is Cc1cccc(CN2C(=O)/C(=C\c3ccc(C(=O)NC4CCCc5ccccc54)cc3)Sc3ccccc32)c1. The molecule has 2 amide bonds. The topological polar surface area (TPSA) is 49.4 Å². The molecule has 4 nitrogen and oxygen atoms in total. The smallest absolute Gasteiger partial charge is 0.265 e. The van der Waals surface area contributed by atoms with E-state index in [1.807, 2.05) is 65.6 Å². The summed E-state index contributed by atoms with van der Waals surface area (Å²) in [5, 5.41) is 3.22. The van der Waals surface area contributed by atoms with Crippen molar-refractivity contribution in [2.24, 2.45) is 0 Å². The first-order valence-electron chi connectivity index (χ1n) is 13.4. The van der Waals surface area contributed by atoms with Crippen molar-refractivity contribution in [1.82, 2.24) is 5.32 Å². The van der Waals surface area contributed by atoms with Crippen LogP contribution in [0.25, 0.3) is 6.08 Å². The Bertz CT molecular complexity index is 1570. The van der Waals surface area contributed by atoms with Crippen LogP contribution in [-0.4, -0.2) is 11.8 Å². The van der Waals surface area contributed by atoms with E-state index in [0.717, 1.165) is 41.0 Å². The lowest BCUT2D eigenvalue weighted by Gasteiger charge is -2.30. The molecule has 0 saturated heterocycles. The number of carbonyl (C=O) groups excluding carboxylic acids is 2. The molecule has 5 heteroatoms. The number of hydrogen-bond donors (Lipinski definition) is 1. The van der Waals surface area contributed by atoms with E-state index >= 15 is 0 Å². The normalized spacial score (nSPS) is 17.5. The Kier molecular flexibility index (Phi) is 7.08. The summed E-state index contributed by atoms with van der Waals surface area (Å²) < 4.78 is 0. The summed E-state index contributed by atoms with van der Waals surface area (Å²) in [6.07, 6.45) is 5.01. The number of nitrogens with zero attached hydrogens (tertiary/aromatic N) is 1. The van der Waals surface area contributed by atoms with E-state index in [2.05, 4.69) is 54.7 Å². The van der Waals surface area contributed by atoms with Gasteiger partial charge in [-0.25, -0.2) is 0 Å². The molecule has 4 aromatic rings. The summed E-state index contributed by atoms with van der Waals surface area (Å²) in [4.78, 5) is 30.3. The van der Waals surface area contributed by atoms with E-state index in [1.54, 1.807) is 0 Å². The Morgan fingerprint density at radius 1 is 0.974 bits per heavy atom. The highest BCUT2D eigenvalue weighted by Gasteiger charge is 2.29. The highest BCUT2D eigenvalue weighted by atomic mass is 32.2. The molecule has 6 rings (SSSR count). The van der Waals surface area contributed by atoms with Crippen LogP contribution in [-0.2, 0) is 17.8 Å². The molecular weight excluding hydrogens is 500 g/mol. The number of thioether (sulfide) groups is 1. The molecule has 1 unspecified atom stereocenters. The minimum atomic E-state index is -0.0720. The first kappa shape index (κ1) is 25.2. The van der Waals surface area contributed by atoms with E-state index in [1.165, 1.54) is 28.5 Å². The van der Waals surface area contributed by atoms with Crippen LogP contribution in [0.4, 0.5) is 5.69 Å². The quantitative estimate of drug-likeness (QED) is 0.272. The lowest BCUT2D eigenvalue weighted by atomic mass is 9.87. The van der Waals surface area contributed by atoms with Crippen LogP contribution in [0.15, 0.2) is 107 Å². The molecule has 1 aliphatic carbocycles. The van der Waals surface area contributed by atoms with Crippen molar-refractivity contribution in [1.29, 1.82) is 0 Å². The summed E-state index contributed by atoms with van der Waals surface area (Å²) >= 11 is 1.50. The van der Waals surface area contributed by atoms with Crippen LogP contribution < -0.4 is 10.2 Å². The van der Waals surface area contributed by atoms with E-state index < -0.39 is 0 Å². The zero-order valence-corrected chi connectivity index (χ0v) is 22.7. The molecule has 1 N–H and O–H groups in total. The van der Waals surface area contributed by atoms with Crippen LogP contribution in [0.3, 0.4) is 0 Å². The molecule has 39 heavy (non-hydrogen) atoms. The van der Waals surface area contributed by atoms with Crippen LogP contribution >= 0.6 is 11.8 Å². The van der Waals surface area contributed by atoms with E-state index in [9.17, 15) is 9.59 Å². The average Bonchev–Trinajstić information content (AvgIpc) is 2.96. The van der Waals surface area contributed by atoms with Gasteiger partial charge in [0.05, 0.1) is 23.2 Å². The molecule has 0 radical (unpaired) electrons. The Labute approximate surface area is 233 Å². The number of anilines is 1. The molecule has 0 saturated carbocycles. The Hall–Kier alpha value is -4.09. The highest BCUT2D eigenvalue weighted by Crippen LogP contribution is 2.42. The van der Waals surface area contributed by atoms with Gasteiger partial charge in [0.25, 0.3) is 11.8 Å². The van der Waals surface area contributed by atoms with Crippen molar-refractivity contribution < 1.29 is 9.59 Å². The van der Waals surface area contributed by atoms with Gasteiger partial charge in [-0.3, -0.25) is 9.59 Å². The van der Waals surface area contributed by atoms with E-state index in [-0.39, 0.29) is 17.9 Å². The Morgan fingerprint density at radius 2 is 1.77 bits per heavy atom. The summed E-state index contributed by atoms with van der Waals surface area (Å²) in [6, 6.07) is 32.2. The molecule has 1 heterocycles. The van der Waals surface area contributed by atoms with Gasteiger partial charge in [-0.2, -0.15) is 0 Å². The second-order valence-electron chi connectivity index (χ2n) is 10.2. The third kappa shape index (κ3) is 5.41. The van der Waals surface area contributed by atoms with Gasteiger partial charge in [-0.1, -0.05) is 90.1 Å². The molecule has 4 aromatic carbocycles. The van der Waals surface area contributed by atoms with Gasteiger partial charge in [0.2, 0.25) is 0 Å². The minimum absolute atomic E-state index is 0.0158. The van der Waals surface area contributed by atoms with Gasteiger partial charge in [0.15, 0.2) is 0 Å². The third-order valence-electron chi connectivity index (χ3n) is 7.40. The predicted octanol–water partition coefficient (Wildman–Crippen LogP) is 7.48. The lowest BCUT2D eigenvalue weighted by Crippen LogP contribution is -2.33. The summed E-state index contributed by atoms with van der Waals surface area (Å²) in [5.74, 6) is -0.0877. The number of carbonyl (C=O) groups is 2. The Morgan fingerprint density at radius 3 is 2.62 bits per heavy atom. The van der Waals surface area contributed by atoms with Crippen LogP contribution in [0.2, 0.25) is 0 Å². The van der Waals surface area contributed by atoms with Crippen molar-refractivity contribution >= 4 is 35.3 Å². The average molecular weight is 531 g/mol. The molecule has 194 valence electrons. The molecule has 1 atom stereocenters. The number of amides is 2. The standard InChI is InChI=1S/C34H30N2O2S/c1-23-8-6-9-25(20-23)22-36-30-14-4-5-15-31(30)39-32(34(36)38)21-24-16-18-27(19-17-24)33(37)35-29-13-7-11-26-10-2-3-12-28(26)29/h2-6,8-10,12,14-21,29H,7,11,13,22H2,1H3,(H,35,37)/b32-21+. The molecular formula is C34H30N2O2S. The molecule has 2 aliphatic rings. The van der Waals surface area contributed by atoms with Crippen molar-refractivity contribution in [3.63, 3.8) is 0 Å². The lowest BCUT2D eigenvalue weighted by molar-refractivity contribution is -0.114. The van der Waals surface area contributed by atoms with Crippen molar-refractivity contribution in [2.75, 3.05) is 4.90 Å². The van der Waals surface area contributed by atoms with Crippen LogP contribution in [0, 0.1) is 6.92 Å². The number of aryl methyl sites for hydroxylation is 2. The van der Waals surface area contributed by atoms with Crippen LogP contribution in [0.1, 0.15) is 57.1 Å². The van der Waals surface area contributed by atoms with Crippen molar-refractivity contribution in [3.8, 4) is 0 Å². The number of rotatable bonds is 5. The summed E-state index contributed by atoms with van der Waals surface area (Å²) in [5.41, 5.74) is 7.26. The first-order valence-corrected chi connectivity index (χ1v) is 14.2. The van der Waals surface area contributed by atoms with Gasteiger partial charge in [-0.15, -0.1) is 0 Å². The van der Waals surface area contributed by atoms with Crippen molar-refractivity contribution in [2.45, 2.75) is 43.7 Å². The number of para-hydroxylation sites is 1. The first-order chi connectivity index (χ1) is 19.0. The minimum Gasteiger partial charge on any atom is -0.345 e. The molecule has 0 bridgehead atoms. The summed E-state index contributed by atoms with van der Waals surface area (Å²) in [7, 11) is 0. The molecule has 1 aliphatic heterocycles. The second kappa shape index (κ2) is 11.0. The number of benzene rings is 4. The van der Waals surface area contributed by atoms with Gasteiger partial charge in [0.1, 0.15) is 0 Å².